The first-order valence-corrected chi connectivity index (χ1v) is 10.2. The fraction of sp³-hybridized carbons (Fsp3) is 0.125. The molecule has 8 heteroatoms. The molecule has 1 heterocycles. The molecule has 0 bridgehead atoms. The minimum atomic E-state index is -3.15. The Morgan fingerprint density at radius 3 is 2.79 bits per heavy atom. The average Bonchev–Trinajstić information content (AvgIpc) is 2.87. The van der Waals surface area contributed by atoms with E-state index in [-0.39, 0.29) is 11.7 Å². The molecule has 2 aromatic carbocycles. The molecule has 3 aromatic rings. The summed E-state index contributed by atoms with van der Waals surface area (Å²) in [5, 5.41) is 3.81. The average molecular weight is 381 g/mol. The smallest absolute Gasteiger partial charge is 0.257 e. The largest absolute Gasteiger partial charge is 0.298 e. The van der Waals surface area contributed by atoms with Crippen LogP contribution in [-0.2, 0) is 15.6 Å². The number of nitrogens with one attached hydrogen (secondary N) is 1. The predicted octanol–water partition coefficient (Wildman–Crippen LogP) is 3.75. The van der Waals surface area contributed by atoms with Gasteiger partial charge >= 0.3 is 0 Å². The van der Waals surface area contributed by atoms with Gasteiger partial charge in [0.25, 0.3) is 5.91 Å². The van der Waals surface area contributed by atoms with Gasteiger partial charge in [-0.05, 0) is 35.9 Å². The molecule has 0 unspecified atom stereocenters. The van der Waals surface area contributed by atoms with E-state index in [2.05, 4.69) is 10.3 Å². The Morgan fingerprint density at radius 2 is 2.04 bits per heavy atom. The zero-order valence-electron chi connectivity index (χ0n) is 12.6. The van der Waals surface area contributed by atoms with Crippen molar-refractivity contribution >= 4 is 54.0 Å². The Hall–Kier alpha value is -1.96. The van der Waals surface area contributed by atoms with Crippen LogP contribution in [0.1, 0.15) is 15.9 Å². The Balaban J connectivity index is 1.82. The van der Waals surface area contributed by atoms with E-state index in [1.165, 1.54) is 11.3 Å². The van der Waals surface area contributed by atoms with Crippen molar-refractivity contribution in [3.63, 3.8) is 0 Å². The highest BCUT2D eigenvalue weighted by Crippen LogP contribution is 2.28. The van der Waals surface area contributed by atoms with Crippen molar-refractivity contribution in [2.75, 3.05) is 11.6 Å². The summed E-state index contributed by atoms with van der Waals surface area (Å²) in [5.41, 5.74) is 1.71. The van der Waals surface area contributed by atoms with E-state index < -0.39 is 9.84 Å². The summed E-state index contributed by atoms with van der Waals surface area (Å²) in [7, 11) is -3.15. The number of sulfone groups is 1. The minimum Gasteiger partial charge on any atom is -0.298 e. The summed E-state index contributed by atoms with van der Waals surface area (Å²) in [6, 6.07) is 11.9. The van der Waals surface area contributed by atoms with Gasteiger partial charge in [0.05, 0.1) is 16.0 Å². The van der Waals surface area contributed by atoms with Crippen molar-refractivity contribution in [1.82, 2.24) is 4.98 Å². The van der Waals surface area contributed by atoms with Gasteiger partial charge in [-0.2, -0.15) is 0 Å². The zero-order chi connectivity index (χ0) is 17.3. The number of carbonyl (C=O) groups is 1. The van der Waals surface area contributed by atoms with E-state index in [1.54, 1.807) is 42.5 Å². The molecule has 0 aliphatic heterocycles. The summed E-state index contributed by atoms with van der Waals surface area (Å²) < 4.78 is 23.6. The Bertz CT molecular complexity index is 1030. The summed E-state index contributed by atoms with van der Waals surface area (Å²) in [5.74, 6) is -0.441. The molecule has 1 aromatic heterocycles. The van der Waals surface area contributed by atoms with Gasteiger partial charge in [0, 0.05) is 16.8 Å². The summed E-state index contributed by atoms with van der Waals surface area (Å²) in [6.45, 7) is 0. The first-order chi connectivity index (χ1) is 11.3. The van der Waals surface area contributed by atoms with Crippen LogP contribution < -0.4 is 5.32 Å². The number of carbonyl (C=O) groups excluding carboxylic acids is 1. The molecule has 5 nitrogen and oxygen atoms in total. The Kier molecular flexibility index (Phi) is 4.58. The third-order valence-corrected chi connectivity index (χ3v) is 5.22. The number of aromatic nitrogens is 1. The molecular weight excluding hydrogens is 368 g/mol. The third kappa shape index (κ3) is 4.11. The van der Waals surface area contributed by atoms with Crippen LogP contribution in [0.2, 0.25) is 5.02 Å². The number of hydrogen-bond acceptors (Lipinski definition) is 5. The molecule has 3 rings (SSSR count). The second kappa shape index (κ2) is 6.51. The van der Waals surface area contributed by atoms with Crippen molar-refractivity contribution in [3.05, 3.63) is 58.6 Å². The number of nitrogens with zero attached hydrogens (tertiary/aromatic N) is 1. The quantitative estimate of drug-likeness (QED) is 0.747. The minimum absolute atomic E-state index is 0.103. The van der Waals surface area contributed by atoms with Crippen LogP contribution in [0.5, 0.6) is 0 Å². The lowest BCUT2D eigenvalue weighted by Gasteiger charge is -2.04. The van der Waals surface area contributed by atoms with Crippen molar-refractivity contribution in [2.24, 2.45) is 0 Å². The summed E-state index contributed by atoms with van der Waals surface area (Å²) in [4.78, 5) is 16.7. The molecule has 0 radical (unpaired) electrons. The molecule has 0 saturated carbocycles. The van der Waals surface area contributed by atoms with Crippen LogP contribution in [0, 0.1) is 0 Å². The van der Waals surface area contributed by atoms with Crippen LogP contribution in [0.4, 0.5) is 5.13 Å². The monoisotopic (exact) mass is 380 g/mol. The van der Waals surface area contributed by atoms with Gasteiger partial charge in [0.15, 0.2) is 15.0 Å². The number of anilines is 1. The Morgan fingerprint density at radius 1 is 1.25 bits per heavy atom. The maximum absolute atomic E-state index is 12.4. The van der Waals surface area contributed by atoms with Crippen molar-refractivity contribution < 1.29 is 13.2 Å². The molecule has 0 fully saturated rings. The van der Waals surface area contributed by atoms with Crippen molar-refractivity contribution in [1.29, 1.82) is 0 Å². The molecule has 0 saturated heterocycles. The van der Waals surface area contributed by atoms with Crippen molar-refractivity contribution in [3.8, 4) is 0 Å². The normalized spacial score (nSPS) is 11.6. The maximum Gasteiger partial charge on any atom is 0.257 e. The first kappa shape index (κ1) is 16.9. The van der Waals surface area contributed by atoms with Gasteiger partial charge in [-0.3, -0.25) is 10.1 Å². The molecule has 1 amide bonds. The Labute approximate surface area is 148 Å². The number of benzene rings is 2. The van der Waals surface area contributed by atoms with Gasteiger partial charge in [0.1, 0.15) is 0 Å². The van der Waals surface area contributed by atoms with Crippen LogP contribution in [0.25, 0.3) is 10.2 Å². The zero-order valence-corrected chi connectivity index (χ0v) is 15.0. The lowest BCUT2D eigenvalue weighted by atomic mass is 10.1. The fourth-order valence-electron chi connectivity index (χ4n) is 2.23. The van der Waals surface area contributed by atoms with Gasteiger partial charge in [-0.1, -0.05) is 35.1 Å². The van der Waals surface area contributed by atoms with Gasteiger partial charge in [-0.25, -0.2) is 13.4 Å². The highest BCUT2D eigenvalue weighted by molar-refractivity contribution is 7.89. The number of thiazole rings is 1. The lowest BCUT2D eigenvalue weighted by molar-refractivity contribution is 0.102. The summed E-state index contributed by atoms with van der Waals surface area (Å²) >= 11 is 7.27. The van der Waals surface area contributed by atoms with E-state index in [9.17, 15) is 13.2 Å². The number of amides is 1. The molecule has 0 aliphatic rings. The number of halogens is 1. The van der Waals surface area contributed by atoms with E-state index in [4.69, 9.17) is 11.6 Å². The number of rotatable bonds is 4. The van der Waals surface area contributed by atoms with Crippen molar-refractivity contribution in [2.45, 2.75) is 5.75 Å². The molecular formula is C16H13ClN2O3S2. The van der Waals surface area contributed by atoms with E-state index in [1.807, 2.05) is 0 Å². The fourth-order valence-corrected chi connectivity index (χ4v) is 4.15. The first-order valence-electron chi connectivity index (χ1n) is 6.94. The molecule has 24 heavy (non-hydrogen) atoms. The molecule has 1 N–H and O–H groups in total. The highest BCUT2D eigenvalue weighted by atomic mass is 35.5. The molecule has 0 spiro atoms. The van der Waals surface area contributed by atoms with Crippen LogP contribution in [0.3, 0.4) is 0 Å². The second-order valence-electron chi connectivity index (χ2n) is 5.36. The maximum atomic E-state index is 12.4. The van der Waals surface area contributed by atoms with E-state index >= 15 is 0 Å². The van der Waals surface area contributed by atoms with Crippen LogP contribution in [-0.4, -0.2) is 25.6 Å². The third-order valence-electron chi connectivity index (χ3n) is 3.19. The van der Waals surface area contributed by atoms with Crippen LogP contribution in [0.15, 0.2) is 42.5 Å². The molecule has 0 atom stereocenters. The number of hydrogen-bond donors (Lipinski definition) is 1. The predicted molar refractivity (Wildman–Crippen MR) is 97.6 cm³/mol. The van der Waals surface area contributed by atoms with E-state index in [0.717, 1.165) is 16.5 Å². The topological polar surface area (TPSA) is 76.1 Å². The summed E-state index contributed by atoms with van der Waals surface area (Å²) in [6.07, 6.45) is 1.16. The SMILES string of the molecule is CS(=O)(=O)Cc1cccc(C(=O)Nc2nc3ccc(Cl)cc3s2)c1. The lowest BCUT2D eigenvalue weighted by Crippen LogP contribution is -2.12. The molecule has 124 valence electrons. The van der Waals surface area contributed by atoms with Crippen LogP contribution >= 0.6 is 22.9 Å². The highest BCUT2D eigenvalue weighted by Gasteiger charge is 2.12. The standard InChI is InChI=1S/C16H13ClN2O3S2/c1-24(21,22)9-10-3-2-4-11(7-10)15(20)19-16-18-13-6-5-12(17)8-14(13)23-16/h2-8H,9H2,1H3,(H,18,19,20). The van der Waals surface area contributed by atoms with Gasteiger partial charge < -0.3 is 0 Å². The molecule has 0 aliphatic carbocycles. The second-order valence-corrected chi connectivity index (χ2v) is 8.96. The number of fused-ring (bicyclic) bond motifs is 1. The van der Waals surface area contributed by atoms with Gasteiger partial charge in [0.2, 0.25) is 0 Å². The van der Waals surface area contributed by atoms with E-state index in [0.29, 0.717) is 21.3 Å². The van der Waals surface area contributed by atoms with Gasteiger partial charge in [-0.15, -0.1) is 0 Å².